The fraction of sp³-hybridized carbons (Fsp3) is 0.615. The van der Waals surface area contributed by atoms with Gasteiger partial charge in [-0.05, 0) is 19.4 Å². The number of nitrogens with zero attached hydrogens (tertiary/aromatic N) is 2. The van der Waals surface area contributed by atoms with Gasteiger partial charge < -0.3 is 9.84 Å². The lowest BCUT2D eigenvalue weighted by molar-refractivity contribution is -0.143. The van der Waals surface area contributed by atoms with Crippen LogP contribution in [0.15, 0.2) is 12.1 Å². The summed E-state index contributed by atoms with van der Waals surface area (Å²) in [6, 6.07) is 0.959. The molecule has 2 unspecified atom stereocenters. The van der Waals surface area contributed by atoms with E-state index in [1.54, 1.807) is 19.9 Å². The first-order chi connectivity index (χ1) is 9.23. The van der Waals surface area contributed by atoms with Crippen LogP contribution in [0.4, 0.5) is 13.2 Å². The van der Waals surface area contributed by atoms with Crippen molar-refractivity contribution in [1.82, 2.24) is 9.78 Å². The van der Waals surface area contributed by atoms with E-state index in [2.05, 4.69) is 5.10 Å². The fourth-order valence-electron chi connectivity index (χ4n) is 2.27. The molecule has 0 saturated carbocycles. The van der Waals surface area contributed by atoms with E-state index >= 15 is 0 Å². The summed E-state index contributed by atoms with van der Waals surface area (Å²) in [6.07, 6.45) is -2.85. The van der Waals surface area contributed by atoms with Gasteiger partial charge in [0.15, 0.2) is 11.4 Å². The molecule has 0 aliphatic carbocycles. The Morgan fingerprint density at radius 2 is 2.20 bits per heavy atom. The molecule has 0 spiro atoms. The van der Waals surface area contributed by atoms with Crippen LogP contribution >= 0.6 is 0 Å². The highest BCUT2D eigenvalue weighted by molar-refractivity contribution is 5.68. The second kappa shape index (κ2) is 4.89. The van der Waals surface area contributed by atoms with E-state index in [9.17, 15) is 18.3 Å². The van der Waals surface area contributed by atoms with E-state index in [1.165, 1.54) is 11.8 Å². The minimum Gasteiger partial charge on any atom is -0.388 e. The molecule has 1 aromatic heterocycles. The zero-order valence-electron chi connectivity index (χ0n) is 11.5. The Kier molecular flexibility index (Phi) is 3.68. The van der Waals surface area contributed by atoms with Crippen molar-refractivity contribution in [2.24, 2.45) is 0 Å². The molecule has 2 atom stereocenters. The molecule has 20 heavy (non-hydrogen) atoms. The summed E-state index contributed by atoms with van der Waals surface area (Å²) in [4.78, 5) is 0. The quantitative estimate of drug-likeness (QED) is 0.931. The van der Waals surface area contributed by atoms with Crippen molar-refractivity contribution in [2.75, 3.05) is 7.11 Å². The number of fused-ring (bicyclic) bond motifs is 1. The summed E-state index contributed by atoms with van der Waals surface area (Å²) in [7, 11) is 1.42. The Hall–Kier alpha value is -1.34. The van der Waals surface area contributed by atoms with Crippen molar-refractivity contribution in [2.45, 2.75) is 44.7 Å². The molecule has 112 valence electrons. The summed E-state index contributed by atoms with van der Waals surface area (Å²) in [5.74, 6) is 0. The SMILES string of the molecule is CCC(O)C1=CCC(C)(OC)n2nc(C(F)(F)F)cc21. The molecule has 0 saturated heterocycles. The van der Waals surface area contributed by atoms with Crippen molar-refractivity contribution in [3.8, 4) is 0 Å². The minimum absolute atomic E-state index is 0.252. The summed E-state index contributed by atoms with van der Waals surface area (Å²) < 4.78 is 45.0. The smallest absolute Gasteiger partial charge is 0.388 e. The van der Waals surface area contributed by atoms with Crippen LogP contribution in [-0.4, -0.2) is 28.1 Å². The van der Waals surface area contributed by atoms with Gasteiger partial charge in [0, 0.05) is 19.1 Å². The predicted molar refractivity (Wildman–Crippen MR) is 66.8 cm³/mol. The first-order valence-electron chi connectivity index (χ1n) is 6.34. The molecule has 0 aromatic carbocycles. The van der Waals surface area contributed by atoms with Crippen molar-refractivity contribution in [3.63, 3.8) is 0 Å². The largest absolute Gasteiger partial charge is 0.435 e. The molecule has 2 heterocycles. The number of hydrogen-bond acceptors (Lipinski definition) is 3. The van der Waals surface area contributed by atoms with E-state index < -0.39 is 23.7 Å². The Morgan fingerprint density at radius 1 is 1.55 bits per heavy atom. The van der Waals surface area contributed by atoms with Gasteiger partial charge in [-0.15, -0.1) is 0 Å². The average Bonchev–Trinajstić information content (AvgIpc) is 2.84. The number of alkyl halides is 3. The molecule has 1 aliphatic heterocycles. The van der Waals surface area contributed by atoms with Crippen LogP contribution < -0.4 is 0 Å². The van der Waals surface area contributed by atoms with Gasteiger partial charge in [0.2, 0.25) is 0 Å². The molecule has 7 heteroatoms. The zero-order chi connectivity index (χ0) is 15.1. The monoisotopic (exact) mass is 290 g/mol. The van der Waals surface area contributed by atoms with Crippen LogP contribution in [-0.2, 0) is 16.6 Å². The van der Waals surface area contributed by atoms with E-state index in [0.717, 1.165) is 6.07 Å². The Bertz CT molecular complexity index is 536. The zero-order valence-corrected chi connectivity index (χ0v) is 11.5. The third kappa shape index (κ3) is 2.35. The maximum Gasteiger partial charge on any atom is 0.435 e. The molecule has 1 aliphatic rings. The lowest BCUT2D eigenvalue weighted by atomic mass is 9.96. The number of rotatable bonds is 3. The second-order valence-electron chi connectivity index (χ2n) is 4.99. The maximum absolute atomic E-state index is 12.8. The highest BCUT2D eigenvalue weighted by atomic mass is 19.4. The van der Waals surface area contributed by atoms with Crippen molar-refractivity contribution >= 4 is 5.57 Å². The van der Waals surface area contributed by atoms with Crippen LogP contribution in [0.1, 0.15) is 38.1 Å². The third-order valence-electron chi connectivity index (χ3n) is 3.63. The van der Waals surface area contributed by atoms with Gasteiger partial charge in [-0.1, -0.05) is 13.0 Å². The number of aliphatic hydroxyl groups excluding tert-OH is 1. The van der Waals surface area contributed by atoms with Gasteiger partial charge in [0.1, 0.15) is 0 Å². The second-order valence-corrected chi connectivity index (χ2v) is 4.99. The number of hydrogen-bond donors (Lipinski definition) is 1. The maximum atomic E-state index is 12.8. The number of aromatic nitrogens is 2. The van der Waals surface area contributed by atoms with Crippen molar-refractivity contribution in [3.05, 3.63) is 23.5 Å². The topological polar surface area (TPSA) is 47.3 Å². The summed E-state index contributed by atoms with van der Waals surface area (Å²) in [5, 5.41) is 13.6. The number of aliphatic hydroxyl groups is 1. The highest BCUT2D eigenvalue weighted by Gasteiger charge is 2.41. The van der Waals surface area contributed by atoms with E-state index in [0.29, 0.717) is 18.4 Å². The molecule has 2 rings (SSSR count). The number of halogens is 3. The van der Waals surface area contributed by atoms with Gasteiger partial charge in [-0.25, -0.2) is 4.68 Å². The van der Waals surface area contributed by atoms with Crippen LogP contribution in [0, 0.1) is 0 Å². The van der Waals surface area contributed by atoms with Gasteiger partial charge >= 0.3 is 6.18 Å². The Balaban J connectivity index is 2.58. The summed E-state index contributed by atoms with van der Waals surface area (Å²) in [5.41, 5.74) is -1.24. The van der Waals surface area contributed by atoms with Gasteiger partial charge in [-0.2, -0.15) is 18.3 Å². The molecule has 1 aromatic rings. The molecular weight excluding hydrogens is 273 g/mol. The van der Waals surface area contributed by atoms with Crippen molar-refractivity contribution in [1.29, 1.82) is 0 Å². The number of methoxy groups -OCH3 is 1. The fourth-order valence-corrected chi connectivity index (χ4v) is 2.27. The van der Waals surface area contributed by atoms with Crippen LogP contribution in [0.25, 0.3) is 5.57 Å². The molecule has 1 N–H and O–H groups in total. The number of ether oxygens (including phenoxy) is 1. The van der Waals surface area contributed by atoms with E-state index in [1.807, 2.05) is 0 Å². The predicted octanol–water partition coefficient (Wildman–Crippen LogP) is 2.78. The first-order valence-corrected chi connectivity index (χ1v) is 6.34. The molecule has 0 fully saturated rings. The van der Waals surface area contributed by atoms with E-state index in [4.69, 9.17) is 4.74 Å². The van der Waals surface area contributed by atoms with Gasteiger partial charge in [0.25, 0.3) is 0 Å². The third-order valence-corrected chi connectivity index (χ3v) is 3.63. The standard InChI is InChI=1S/C13H17F3N2O2/c1-4-10(19)8-5-6-12(2,20-3)18-9(8)7-11(17-18)13(14,15)16/h5,7,10,19H,4,6H2,1-3H3. The van der Waals surface area contributed by atoms with Crippen LogP contribution in [0.3, 0.4) is 0 Å². The Labute approximate surface area is 114 Å². The van der Waals surface area contributed by atoms with Gasteiger partial charge in [-0.3, -0.25) is 0 Å². The normalized spacial score (nSPS) is 24.2. The van der Waals surface area contributed by atoms with Crippen LogP contribution in [0.2, 0.25) is 0 Å². The summed E-state index contributed by atoms with van der Waals surface area (Å²) >= 11 is 0. The first kappa shape index (κ1) is 15.1. The molecule has 0 radical (unpaired) electrons. The summed E-state index contributed by atoms with van der Waals surface area (Å²) in [6.45, 7) is 3.43. The lowest BCUT2D eigenvalue weighted by Crippen LogP contribution is -2.37. The lowest BCUT2D eigenvalue weighted by Gasteiger charge is -2.34. The molecule has 0 amide bonds. The average molecular weight is 290 g/mol. The highest BCUT2D eigenvalue weighted by Crippen LogP contribution is 2.38. The van der Waals surface area contributed by atoms with Crippen molar-refractivity contribution < 1.29 is 23.0 Å². The Morgan fingerprint density at radius 3 is 2.70 bits per heavy atom. The minimum atomic E-state index is -4.53. The van der Waals surface area contributed by atoms with E-state index in [-0.39, 0.29) is 5.69 Å². The molecule has 4 nitrogen and oxygen atoms in total. The molecule has 0 bridgehead atoms. The van der Waals surface area contributed by atoms with Gasteiger partial charge in [0.05, 0.1) is 11.8 Å². The molecular formula is C13H17F3N2O2. The van der Waals surface area contributed by atoms with Crippen LogP contribution in [0.5, 0.6) is 0 Å².